The first-order valence-corrected chi connectivity index (χ1v) is 5.01. The van der Waals surface area contributed by atoms with E-state index in [1.807, 2.05) is 0 Å². The Morgan fingerprint density at radius 3 is 2.71 bits per heavy atom. The van der Waals surface area contributed by atoms with Crippen LogP contribution in [0.1, 0.15) is 22.4 Å². The number of aliphatic hydroxyl groups is 3. The molecule has 8 heteroatoms. The van der Waals surface area contributed by atoms with Crippen molar-refractivity contribution < 1.29 is 24.9 Å². The van der Waals surface area contributed by atoms with Gasteiger partial charge in [-0.15, -0.1) is 0 Å². The molecule has 0 aliphatic carbocycles. The molecule has 2 heterocycles. The number of amides is 1. The van der Waals surface area contributed by atoms with Crippen molar-refractivity contribution in [2.75, 3.05) is 6.61 Å². The minimum absolute atomic E-state index is 0.0812. The lowest BCUT2D eigenvalue weighted by Crippen LogP contribution is -2.32. The van der Waals surface area contributed by atoms with Gasteiger partial charge in [0.25, 0.3) is 5.91 Å². The summed E-state index contributed by atoms with van der Waals surface area (Å²) in [5.41, 5.74) is 5.12. The predicted molar refractivity (Wildman–Crippen MR) is 53.8 cm³/mol. The van der Waals surface area contributed by atoms with E-state index >= 15 is 0 Å². The van der Waals surface area contributed by atoms with Gasteiger partial charge in [-0.1, -0.05) is 0 Å². The van der Waals surface area contributed by atoms with Crippen LogP contribution in [0.3, 0.4) is 0 Å². The monoisotopic (exact) mass is 243 g/mol. The quantitative estimate of drug-likeness (QED) is 0.403. The van der Waals surface area contributed by atoms with Gasteiger partial charge in [0.15, 0.2) is 0 Å². The number of nitrogens with one attached hydrogen (secondary N) is 1. The SMILES string of the molecule is NC(=O)c1cnc([C@@H]2O[C@H](CO)[C@@H](O)[C@H]2O)[nH]1. The molecule has 0 aromatic carbocycles. The summed E-state index contributed by atoms with van der Waals surface area (Å²) in [4.78, 5) is 17.3. The average Bonchev–Trinajstić information content (AvgIpc) is 2.87. The Bertz CT molecular complexity index is 421. The maximum Gasteiger partial charge on any atom is 0.266 e. The Morgan fingerprint density at radius 1 is 1.53 bits per heavy atom. The van der Waals surface area contributed by atoms with Crippen molar-refractivity contribution in [2.24, 2.45) is 5.73 Å². The minimum Gasteiger partial charge on any atom is -0.394 e. The fraction of sp³-hybridized carbons (Fsp3) is 0.556. The summed E-state index contributed by atoms with van der Waals surface area (Å²) >= 11 is 0. The number of rotatable bonds is 3. The molecule has 94 valence electrons. The molecule has 17 heavy (non-hydrogen) atoms. The highest BCUT2D eigenvalue weighted by Crippen LogP contribution is 2.31. The molecule has 2 rings (SSSR count). The van der Waals surface area contributed by atoms with Gasteiger partial charge >= 0.3 is 0 Å². The van der Waals surface area contributed by atoms with Crippen LogP contribution in [0.15, 0.2) is 6.20 Å². The van der Waals surface area contributed by atoms with Crippen LogP contribution in [-0.2, 0) is 4.74 Å². The molecule has 1 aromatic rings. The van der Waals surface area contributed by atoms with E-state index in [-0.39, 0.29) is 11.5 Å². The van der Waals surface area contributed by atoms with Crippen LogP contribution < -0.4 is 5.73 Å². The van der Waals surface area contributed by atoms with Crippen LogP contribution in [0.2, 0.25) is 0 Å². The second kappa shape index (κ2) is 4.41. The molecular weight excluding hydrogens is 230 g/mol. The lowest BCUT2D eigenvalue weighted by Gasteiger charge is -2.11. The summed E-state index contributed by atoms with van der Waals surface area (Å²) in [6.45, 7) is -0.419. The molecule has 0 spiro atoms. The molecule has 8 nitrogen and oxygen atoms in total. The van der Waals surface area contributed by atoms with E-state index in [2.05, 4.69) is 9.97 Å². The second-order valence-electron chi connectivity index (χ2n) is 3.81. The van der Waals surface area contributed by atoms with Crippen molar-refractivity contribution in [3.63, 3.8) is 0 Å². The second-order valence-corrected chi connectivity index (χ2v) is 3.81. The largest absolute Gasteiger partial charge is 0.394 e. The summed E-state index contributed by atoms with van der Waals surface area (Å²) in [7, 11) is 0. The number of carbonyl (C=O) groups is 1. The molecule has 1 saturated heterocycles. The van der Waals surface area contributed by atoms with E-state index in [4.69, 9.17) is 15.6 Å². The van der Waals surface area contributed by atoms with Crippen molar-refractivity contribution in [1.82, 2.24) is 9.97 Å². The third kappa shape index (κ3) is 2.03. The fourth-order valence-corrected chi connectivity index (χ4v) is 1.73. The average molecular weight is 243 g/mol. The molecule has 0 bridgehead atoms. The zero-order valence-corrected chi connectivity index (χ0v) is 8.78. The predicted octanol–water partition coefficient (Wildman–Crippen LogP) is -2.34. The Kier molecular flexibility index (Phi) is 3.11. The van der Waals surface area contributed by atoms with Crippen molar-refractivity contribution in [2.45, 2.75) is 24.4 Å². The van der Waals surface area contributed by atoms with Gasteiger partial charge in [-0.2, -0.15) is 0 Å². The number of carbonyl (C=O) groups excluding carboxylic acids is 1. The lowest BCUT2D eigenvalue weighted by atomic mass is 10.1. The molecule has 0 radical (unpaired) electrons. The van der Waals surface area contributed by atoms with Crippen LogP contribution in [0.5, 0.6) is 0 Å². The van der Waals surface area contributed by atoms with Crippen molar-refractivity contribution >= 4 is 5.91 Å². The molecule has 0 unspecified atom stereocenters. The number of hydrogen-bond acceptors (Lipinski definition) is 6. The van der Waals surface area contributed by atoms with Crippen LogP contribution in [-0.4, -0.2) is 56.1 Å². The van der Waals surface area contributed by atoms with Gasteiger partial charge in [-0.3, -0.25) is 4.79 Å². The van der Waals surface area contributed by atoms with Gasteiger partial charge in [0.2, 0.25) is 0 Å². The highest BCUT2D eigenvalue weighted by Gasteiger charge is 2.44. The molecule has 1 aromatic heterocycles. The number of nitrogens with zero attached hydrogens (tertiary/aromatic N) is 1. The molecule has 4 atom stereocenters. The Labute approximate surface area is 96.0 Å². The number of aromatic amines is 1. The van der Waals surface area contributed by atoms with E-state index < -0.39 is 36.9 Å². The number of aliphatic hydroxyl groups excluding tert-OH is 3. The van der Waals surface area contributed by atoms with E-state index in [0.29, 0.717) is 0 Å². The van der Waals surface area contributed by atoms with Gasteiger partial charge in [0, 0.05) is 0 Å². The number of hydrogen-bond donors (Lipinski definition) is 5. The number of aromatic nitrogens is 2. The first-order valence-electron chi connectivity index (χ1n) is 5.01. The number of ether oxygens (including phenoxy) is 1. The van der Waals surface area contributed by atoms with Gasteiger partial charge in [0.05, 0.1) is 12.8 Å². The molecule has 1 amide bonds. The highest BCUT2D eigenvalue weighted by molar-refractivity contribution is 5.90. The number of nitrogens with two attached hydrogens (primary N) is 1. The van der Waals surface area contributed by atoms with Crippen LogP contribution in [0.25, 0.3) is 0 Å². The van der Waals surface area contributed by atoms with E-state index in [1.54, 1.807) is 0 Å². The van der Waals surface area contributed by atoms with Crippen LogP contribution in [0.4, 0.5) is 0 Å². The fourth-order valence-electron chi connectivity index (χ4n) is 1.73. The Morgan fingerprint density at radius 2 is 2.24 bits per heavy atom. The number of H-pyrrole nitrogens is 1. The van der Waals surface area contributed by atoms with E-state index in [1.165, 1.54) is 6.20 Å². The van der Waals surface area contributed by atoms with Crippen molar-refractivity contribution in [3.8, 4) is 0 Å². The van der Waals surface area contributed by atoms with Crippen LogP contribution >= 0.6 is 0 Å². The molecule has 0 saturated carbocycles. The minimum atomic E-state index is -1.22. The number of imidazole rings is 1. The topological polar surface area (TPSA) is 142 Å². The first-order chi connectivity index (χ1) is 8.04. The molecule has 1 fully saturated rings. The van der Waals surface area contributed by atoms with Crippen molar-refractivity contribution in [1.29, 1.82) is 0 Å². The normalized spacial score (nSPS) is 32.9. The Balaban J connectivity index is 2.19. The zero-order chi connectivity index (χ0) is 12.6. The summed E-state index contributed by atoms with van der Waals surface area (Å²) in [6.07, 6.45) is -3.01. The Hall–Kier alpha value is -1.48. The zero-order valence-electron chi connectivity index (χ0n) is 8.78. The van der Waals surface area contributed by atoms with E-state index in [9.17, 15) is 15.0 Å². The maximum atomic E-state index is 10.9. The van der Waals surface area contributed by atoms with Crippen molar-refractivity contribution in [3.05, 3.63) is 17.7 Å². The highest BCUT2D eigenvalue weighted by atomic mass is 16.6. The smallest absolute Gasteiger partial charge is 0.266 e. The summed E-state index contributed by atoms with van der Waals surface area (Å²) in [5, 5.41) is 28.1. The summed E-state index contributed by atoms with van der Waals surface area (Å²) < 4.78 is 5.22. The van der Waals surface area contributed by atoms with Crippen LogP contribution in [0, 0.1) is 0 Å². The lowest BCUT2D eigenvalue weighted by molar-refractivity contribution is -0.0250. The molecule has 1 aliphatic rings. The summed E-state index contributed by atoms with van der Waals surface area (Å²) in [5.74, 6) is -0.503. The molecule has 1 aliphatic heterocycles. The number of primary amides is 1. The third-order valence-corrected chi connectivity index (χ3v) is 2.67. The van der Waals surface area contributed by atoms with E-state index in [0.717, 1.165) is 0 Å². The van der Waals surface area contributed by atoms with Gasteiger partial charge in [0.1, 0.15) is 35.9 Å². The molecule has 6 N–H and O–H groups in total. The summed E-state index contributed by atoms with van der Waals surface area (Å²) in [6, 6.07) is 0. The van der Waals surface area contributed by atoms with Gasteiger partial charge < -0.3 is 30.8 Å². The third-order valence-electron chi connectivity index (χ3n) is 2.67. The standard InChI is InChI=1S/C9H13N3O5/c10-8(16)3-1-11-9(12-3)7-6(15)5(14)4(2-13)17-7/h1,4-7,13-15H,2H2,(H2,10,16)(H,11,12)/t4-,5-,6-,7-/m1/s1. The molecular formula is C9H13N3O5. The van der Waals surface area contributed by atoms with Gasteiger partial charge in [-0.25, -0.2) is 4.98 Å². The first kappa shape index (κ1) is 12.0. The van der Waals surface area contributed by atoms with Gasteiger partial charge in [-0.05, 0) is 0 Å². The maximum absolute atomic E-state index is 10.9.